The molecule has 0 spiro atoms. The molecule has 1 amide bonds. The smallest absolute Gasteiger partial charge is 0.268 e. The van der Waals surface area contributed by atoms with Gasteiger partial charge in [0.25, 0.3) is 5.91 Å². The van der Waals surface area contributed by atoms with E-state index in [-0.39, 0.29) is 29.8 Å². The van der Waals surface area contributed by atoms with Crippen LogP contribution >= 0.6 is 23.2 Å². The third-order valence-electron chi connectivity index (χ3n) is 6.31. The topological polar surface area (TPSA) is 105 Å². The van der Waals surface area contributed by atoms with Crippen LogP contribution in [0.25, 0.3) is 0 Å². The van der Waals surface area contributed by atoms with Crippen LogP contribution in [0.4, 0.5) is 17.3 Å². The van der Waals surface area contributed by atoms with Crippen molar-refractivity contribution in [2.24, 2.45) is 0 Å². The molecule has 0 bridgehead atoms. The molecule has 37 heavy (non-hydrogen) atoms. The van der Waals surface area contributed by atoms with Crippen molar-refractivity contribution >= 4 is 56.3 Å². The maximum Gasteiger partial charge on any atom is 0.268 e. The molecule has 5 rings (SSSR count). The average Bonchev–Trinajstić information content (AvgIpc) is 2.84. The van der Waals surface area contributed by atoms with Gasteiger partial charge in [-0.05, 0) is 54.8 Å². The fraction of sp³-hybridized carbons (Fsp3) is 0.320. The summed E-state index contributed by atoms with van der Waals surface area (Å²) in [5.74, 6) is 0.359. The summed E-state index contributed by atoms with van der Waals surface area (Å²) in [7, 11) is -2.94. The van der Waals surface area contributed by atoms with Crippen molar-refractivity contribution in [2.45, 2.75) is 19.4 Å². The summed E-state index contributed by atoms with van der Waals surface area (Å²) in [6, 6.07) is 11.1. The van der Waals surface area contributed by atoms with Crippen molar-refractivity contribution in [1.82, 2.24) is 14.9 Å². The van der Waals surface area contributed by atoms with Gasteiger partial charge in [-0.1, -0.05) is 35.3 Å². The maximum atomic E-state index is 13.1. The van der Waals surface area contributed by atoms with Crippen molar-refractivity contribution in [3.63, 3.8) is 0 Å². The minimum atomic E-state index is -2.94. The first kappa shape index (κ1) is 25.7. The minimum Gasteiger partial charge on any atom is -0.455 e. The molecular weight excluding hydrogens is 537 g/mol. The van der Waals surface area contributed by atoms with Crippen LogP contribution in [0, 0.1) is 0 Å². The second kappa shape index (κ2) is 10.4. The van der Waals surface area contributed by atoms with Gasteiger partial charge in [0.15, 0.2) is 6.73 Å². The molecule has 2 aliphatic rings. The van der Waals surface area contributed by atoms with Crippen LogP contribution in [0.3, 0.4) is 0 Å². The van der Waals surface area contributed by atoms with Gasteiger partial charge >= 0.3 is 0 Å². The van der Waals surface area contributed by atoms with Gasteiger partial charge in [0.1, 0.15) is 15.4 Å². The number of hydrogen-bond acceptors (Lipinski definition) is 8. The number of rotatable bonds is 7. The van der Waals surface area contributed by atoms with E-state index in [1.807, 2.05) is 6.07 Å². The summed E-state index contributed by atoms with van der Waals surface area (Å²) in [5, 5.41) is 3.88. The number of carbonyl (C=O) groups is 1. The maximum absolute atomic E-state index is 13.1. The highest BCUT2D eigenvalue weighted by atomic mass is 35.5. The summed E-state index contributed by atoms with van der Waals surface area (Å²) in [4.78, 5) is 25.4. The number of fused-ring (bicyclic) bond motifs is 2. The quantitative estimate of drug-likeness (QED) is 0.454. The Morgan fingerprint density at radius 1 is 1.14 bits per heavy atom. The molecule has 12 heteroatoms. The molecule has 0 fully saturated rings. The first-order chi connectivity index (χ1) is 17.7. The van der Waals surface area contributed by atoms with E-state index in [1.165, 1.54) is 28.5 Å². The summed E-state index contributed by atoms with van der Waals surface area (Å²) in [5.41, 5.74) is 3.87. The number of para-hydroxylation sites is 1. The molecule has 0 radical (unpaired) electrons. The number of sulfone groups is 1. The third kappa shape index (κ3) is 5.82. The number of nitrogens with one attached hydrogen (secondary N) is 1. The molecule has 0 aliphatic carbocycles. The number of ether oxygens (including phenoxy) is 1. The Kier molecular flexibility index (Phi) is 7.26. The fourth-order valence-electron chi connectivity index (χ4n) is 4.49. The molecule has 0 unspecified atom stereocenters. The molecule has 9 nitrogen and oxygen atoms in total. The Morgan fingerprint density at radius 3 is 2.68 bits per heavy atom. The van der Waals surface area contributed by atoms with Gasteiger partial charge in [0.2, 0.25) is 11.8 Å². The Bertz CT molecular complexity index is 1450. The van der Waals surface area contributed by atoms with E-state index in [9.17, 15) is 13.2 Å². The summed E-state index contributed by atoms with van der Waals surface area (Å²) in [6.45, 7) is 2.34. The van der Waals surface area contributed by atoms with Gasteiger partial charge in [-0.15, -0.1) is 0 Å². The van der Waals surface area contributed by atoms with Crippen LogP contribution in [0.1, 0.15) is 27.9 Å². The molecule has 2 aliphatic heterocycles. The monoisotopic (exact) mass is 561 g/mol. The Hall–Kier alpha value is -2.92. The molecule has 194 valence electrons. The molecule has 3 heterocycles. The highest BCUT2D eigenvalue weighted by Crippen LogP contribution is 2.37. The second-order valence-electron chi connectivity index (χ2n) is 9.11. The van der Waals surface area contributed by atoms with Crippen molar-refractivity contribution in [3.05, 3.63) is 69.3 Å². The van der Waals surface area contributed by atoms with Crippen LogP contribution < -0.4 is 15.0 Å². The Morgan fingerprint density at radius 2 is 1.92 bits per heavy atom. The molecule has 1 N–H and O–H groups in total. The van der Waals surface area contributed by atoms with Gasteiger partial charge < -0.3 is 10.1 Å². The summed E-state index contributed by atoms with van der Waals surface area (Å²) >= 11 is 12.5. The van der Waals surface area contributed by atoms with Crippen molar-refractivity contribution in [3.8, 4) is 5.88 Å². The summed E-state index contributed by atoms with van der Waals surface area (Å²) < 4.78 is 28.5. The lowest BCUT2D eigenvalue weighted by atomic mass is 9.99. The van der Waals surface area contributed by atoms with Crippen LogP contribution in [0.15, 0.2) is 42.6 Å². The first-order valence-corrected chi connectivity index (χ1v) is 14.5. The second-order valence-corrected chi connectivity index (χ2v) is 12.2. The van der Waals surface area contributed by atoms with Crippen LogP contribution in [-0.2, 0) is 22.8 Å². The molecule has 3 aromatic rings. The molecule has 0 saturated carbocycles. The first-order valence-electron chi connectivity index (χ1n) is 11.7. The molecule has 0 atom stereocenters. The Balaban J connectivity index is 1.26. The van der Waals surface area contributed by atoms with E-state index in [1.54, 1.807) is 18.2 Å². The predicted molar refractivity (Wildman–Crippen MR) is 144 cm³/mol. The standard InChI is InChI=1S/C25H25Cl2N5O4S/c1-37(34,35)11-3-9-31-10-8-16-12-18(7-6-17(16)14-31)29-25-28-13-19-23(30-25)36-15-32(24(19)33)22-20(26)4-2-5-21(22)27/h2,4-7,12-13H,3,8-11,14-15H2,1H3,(H,28,29,30). The van der Waals surface area contributed by atoms with Crippen LogP contribution in [0.5, 0.6) is 5.88 Å². The zero-order valence-electron chi connectivity index (χ0n) is 20.1. The lowest BCUT2D eigenvalue weighted by molar-refractivity contribution is 0.0932. The van der Waals surface area contributed by atoms with E-state index in [0.29, 0.717) is 28.1 Å². The Labute approximate surface area is 225 Å². The number of aromatic nitrogens is 2. The zero-order valence-corrected chi connectivity index (χ0v) is 22.4. The van der Waals surface area contributed by atoms with E-state index >= 15 is 0 Å². The van der Waals surface area contributed by atoms with Gasteiger partial charge in [0, 0.05) is 31.2 Å². The van der Waals surface area contributed by atoms with Gasteiger partial charge in [-0.2, -0.15) is 4.98 Å². The van der Waals surface area contributed by atoms with Crippen molar-refractivity contribution in [1.29, 1.82) is 0 Å². The minimum absolute atomic E-state index is 0.0781. The van der Waals surface area contributed by atoms with Crippen molar-refractivity contribution < 1.29 is 17.9 Å². The highest BCUT2D eigenvalue weighted by Gasteiger charge is 2.31. The third-order valence-corrected chi connectivity index (χ3v) is 7.95. The van der Waals surface area contributed by atoms with E-state index in [0.717, 1.165) is 31.7 Å². The SMILES string of the molecule is CS(=O)(=O)CCCN1CCc2cc(Nc3ncc4c(n3)OCN(c3c(Cl)cccc3Cl)C4=O)ccc2C1. The largest absolute Gasteiger partial charge is 0.455 e. The number of carbonyl (C=O) groups excluding carboxylic acids is 1. The van der Waals surface area contributed by atoms with Gasteiger partial charge in [-0.3, -0.25) is 14.6 Å². The molecular formula is C25H25Cl2N5O4S. The number of anilines is 3. The number of hydrogen-bond donors (Lipinski definition) is 1. The highest BCUT2D eigenvalue weighted by molar-refractivity contribution is 7.90. The number of amides is 1. The summed E-state index contributed by atoms with van der Waals surface area (Å²) in [6.07, 6.45) is 4.20. The van der Waals surface area contributed by atoms with Gasteiger partial charge in [0.05, 0.1) is 21.5 Å². The van der Waals surface area contributed by atoms with Crippen LogP contribution in [0.2, 0.25) is 10.0 Å². The predicted octanol–water partition coefficient (Wildman–Crippen LogP) is 4.32. The van der Waals surface area contributed by atoms with E-state index < -0.39 is 9.84 Å². The van der Waals surface area contributed by atoms with Crippen LogP contribution in [-0.4, -0.2) is 61.0 Å². The lowest BCUT2D eigenvalue weighted by Crippen LogP contribution is -2.39. The lowest BCUT2D eigenvalue weighted by Gasteiger charge is -2.29. The number of nitrogens with zero attached hydrogens (tertiary/aromatic N) is 4. The number of benzene rings is 2. The molecule has 2 aromatic carbocycles. The average molecular weight is 562 g/mol. The molecule has 0 saturated heterocycles. The van der Waals surface area contributed by atoms with E-state index in [2.05, 4.69) is 32.3 Å². The number of halogens is 2. The fourth-order valence-corrected chi connectivity index (χ4v) is 5.74. The molecule has 1 aromatic heterocycles. The van der Waals surface area contributed by atoms with Crippen molar-refractivity contribution in [2.75, 3.05) is 42.0 Å². The zero-order chi connectivity index (χ0) is 26.2. The van der Waals surface area contributed by atoms with Gasteiger partial charge in [-0.25, -0.2) is 13.4 Å². The normalized spacial score (nSPS) is 15.6. The van der Waals surface area contributed by atoms with E-state index in [4.69, 9.17) is 27.9 Å².